The van der Waals surface area contributed by atoms with Crippen LogP contribution in [0.3, 0.4) is 0 Å². The molecule has 2 rings (SSSR count). The number of anilines is 1. The summed E-state index contributed by atoms with van der Waals surface area (Å²) >= 11 is 0. The molecule has 0 unspecified atom stereocenters. The lowest BCUT2D eigenvalue weighted by molar-refractivity contribution is -0.387. The average molecular weight is 364 g/mol. The van der Waals surface area contributed by atoms with Crippen LogP contribution in [-0.4, -0.2) is 42.1 Å². The number of aryl methyl sites for hydroxylation is 1. The summed E-state index contributed by atoms with van der Waals surface area (Å²) in [6.45, 7) is 1.31. The number of para-hydroxylation sites is 1. The number of carbonyl (C=O) groups excluding carboxylic acids is 1. The molecule has 1 heterocycles. The minimum atomic E-state index is -4.20. The van der Waals surface area contributed by atoms with Crippen molar-refractivity contribution in [1.29, 1.82) is 0 Å². The molecule has 132 valence electrons. The summed E-state index contributed by atoms with van der Waals surface area (Å²) < 4.78 is 25.8. The van der Waals surface area contributed by atoms with Crippen molar-refractivity contribution >= 4 is 27.4 Å². The van der Waals surface area contributed by atoms with Crippen molar-refractivity contribution in [2.24, 2.45) is 0 Å². The van der Waals surface area contributed by atoms with Crippen LogP contribution in [0.15, 0.2) is 47.5 Å². The van der Waals surface area contributed by atoms with Crippen LogP contribution in [-0.2, 0) is 14.8 Å². The Bertz CT molecular complexity index is 914. The molecule has 0 saturated heterocycles. The second-order valence-electron chi connectivity index (χ2n) is 5.25. The van der Waals surface area contributed by atoms with Crippen molar-refractivity contribution in [3.05, 3.63) is 58.3 Å². The first kappa shape index (κ1) is 18.5. The van der Waals surface area contributed by atoms with Gasteiger partial charge in [-0.2, -0.15) is 4.31 Å². The third-order valence-corrected chi connectivity index (χ3v) is 5.15. The van der Waals surface area contributed by atoms with Gasteiger partial charge in [-0.05, 0) is 30.7 Å². The molecular formula is C15H16N4O5S. The largest absolute Gasteiger partial charge is 0.310 e. The second-order valence-corrected chi connectivity index (χ2v) is 7.27. The van der Waals surface area contributed by atoms with E-state index in [4.69, 9.17) is 0 Å². The zero-order valence-corrected chi connectivity index (χ0v) is 14.4. The quantitative estimate of drug-likeness (QED) is 0.613. The SMILES string of the molecule is Cc1ccnc(NC(=O)CN(C)S(=O)(=O)c2ccccc2[N+](=O)[O-])c1. The fourth-order valence-electron chi connectivity index (χ4n) is 2.07. The maximum absolute atomic E-state index is 12.5. The van der Waals surface area contributed by atoms with Crippen molar-refractivity contribution in [3.8, 4) is 0 Å². The zero-order chi connectivity index (χ0) is 18.6. The molecule has 2 aromatic rings. The van der Waals surface area contributed by atoms with Gasteiger partial charge in [0.05, 0.1) is 11.5 Å². The molecule has 1 aromatic heterocycles. The summed E-state index contributed by atoms with van der Waals surface area (Å²) in [6, 6.07) is 8.36. The minimum absolute atomic E-state index is 0.293. The van der Waals surface area contributed by atoms with Gasteiger partial charge in [0.15, 0.2) is 4.90 Å². The number of likely N-dealkylation sites (N-methyl/N-ethyl adjacent to an activating group) is 1. The molecule has 9 nitrogen and oxygen atoms in total. The fraction of sp³-hybridized carbons (Fsp3) is 0.200. The molecule has 0 saturated carbocycles. The Labute approximate surface area is 144 Å². The summed E-state index contributed by atoms with van der Waals surface area (Å²) in [5.74, 6) is -0.316. The Balaban J connectivity index is 2.18. The lowest BCUT2D eigenvalue weighted by Crippen LogP contribution is -2.35. The van der Waals surface area contributed by atoms with Gasteiger partial charge in [0.2, 0.25) is 15.9 Å². The number of hydrogen-bond donors (Lipinski definition) is 1. The lowest BCUT2D eigenvalue weighted by atomic mass is 10.3. The molecular weight excluding hydrogens is 348 g/mol. The molecule has 1 amide bonds. The molecule has 0 fully saturated rings. The predicted molar refractivity (Wildman–Crippen MR) is 90.5 cm³/mol. The van der Waals surface area contributed by atoms with Crippen LogP contribution in [0.5, 0.6) is 0 Å². The van der Waals surface area contributed by atoms with Crippen LogP contribution in [0.4, 0.5) is 11.5 Å². The van der Waals surface area contributed by atoms with E-state index in [1.165, 1.54) is 25.4 Å². The van der Waals surface area contributed by atoms with E-state index in [1.807, 2.05) is 6.92 Å². The molecule has 1 aromatic carbocycles. The number of hydrogen-bond acceptors (Lipinski definition) is 6. The Kier molecular flexibility index (Phi) is 5.45. The second kappa shape index (κ2) is 7.36. The monoisotopic (exact) mass is 364 g/mol. The summed E-state index contributed by atoms with van der Waals surface area (Å²) in [7, 11) is -3.02. The third-order valence-electron chi connectivity index (χ3n) is 3.30. The molecule has 0 bridgehead atoms. The number of sulfonamides is 1. The van der Waals surface area contributed by atoms with Crippen molar-refractivity contribution in [2.75, 3.05) is 18.9 Å². The number of carbonyl (C=O) groups is 1. The fourth-order valence-corrected chi connectivity index (χ4v) is 3.35. The van der Waals surface area contributed by atoms with Gasteiger partial charge in [-0.15, -0.1) is 0 Å². The summed E-state index contributed by atoms with van der Waals surface area (Å²) in [5, 5.41) is 13.5. The van der Waals surface area contributed by atoms with Crippen molar-refractivity contribution in [2.45, 2.75) is 11.8 Å². The third kappa shape index (κ3) is 4.37. The van der Waals surface area contributed by atoms with Gasteiger partial charge in [-0.3, -0.25) is 14.9 Å². The van der Waals surface area contributed by atoms with E-state index < -0.39 is 38.0 Å². The molecule has 0 aliphatic carbocycles. The van der Waals surface area contributed by atoms with Crippen molar-refractivity contribution < 1.29 is 18.1 Å². The highest BCUT2D eigenvalue weighted by Gasteiger charge is 2.30. The van der Waals surface area contributed by atoms with Gasteiger partial charge in [-0.25, -0.2) is 13.4 Å². The van der Waals surface area contributed by atoms with E-state index >= 15 is 0 Å². The number of nitro benzene ring substituents is 1. The molecule has 0 radical (unpaired) electrons. The first-order chi connectivity index (χ1) is 11.7. The Morgan fingerprint density at radius 1 is 1.32 bits per heavy atom. The van der Waals surface area contributed by atoms with Crippen LogP contribution in [0.25, 0.3) is 0 Å². The summed E-state index contributed by atoms with van der Waals surface area (Å²) in [6.07, 6.45) is 1.51. The van der Waals surface area contributed by atoms with Gasteiger partial charge in [0, 0.05) is 19.3 Å². The molecule has 10 heteroatoms. The Hall–Kier alpha value is -2.85. The number of amides is 1. The van der Waals surface area contributed by atoms with E-state index in [-0.39, 0.29) is 0 Å². The molecule has 25 heavy (non-hydrogen) atoms. The van der Waals surface area contributed by atoms with Crippen LogP contribution >= 0.6 is 0 Å². The topological polar surface area (TPSA) is 123 Å². The average Bonchev–Trinajstić information content (AvgIpc) is 2.54. The molecule has 0 spiro atoms. The molecule has 0 aliphatic heterocycles. The molecule has 1 N–H and O–H groups in total. The number of benzene rings is 1. The maximum atomic E-state index is 12.5. The van der Waals surface area contributed by atoms with Crippen LogP contribution in [0, 0.1) is 17.0 Å². The highest BCUT2D eigenvalue weighted by molar-refractivity contribution is 7.89. The van der Waals surface area contributed by atoms with Crippen molar-refractivity contribution in [3.63, 3.8) is 0 Å². The predicted octanol–water partition coefficient (Wildman–Crippen LogP) is 1.56. The van der Waals surface area contributed by atoms with Gasteiger partial charge in [-0.1, -0.05) is 12.1 Å². The van der Waals surface area contributed by atoms with Gasteiger partial charge in [0.1, 0.15) is 5.82 Å². The highest BCUT2D eigenvalue weighted by atomic mass is 32.2. The van der Waals surface area contributed by atoms with E-state index in [1.54, 1.807) is 12.1 Å². The van der Waals surface area contributed by atoms with Crippen LogP contribution < -0.4 is 5.32 Å². The van der Waals surface area contributed by atoms with Crippen LogP contribution in [0.1, 0.15) is 5.56 Å². The van der Waals surface area contributed by atoms with Gasteiger partial charge in [0.25, 0.3) is 5.69 Å². The lowest BCUT2D eigenvalue weighted by Gasteiger charge is -2.16. The van der Waals surface area contributed by atoms with Gasteiger partial charge >= 0.3 is 0 Å². The molecule has 0 atom stereocenters. The number of pyridine rings is 1. The minimum Gasteiger partial charge on any atom is -0.310 e. The van der Waals surface area contributed by atoms with Crippen molar-refractivity contribution in [1.82, 2.24) is 9.29 Å². The van der Waals surface area contributed by atoms with Gasteiger partial charge < -0.3 is 5.32 Å². The Morgan fingerprint density at radius 3 is 2.64 bits per heavy atom. The standard InChI is InChI=1S/C15H16N4O5S/c1-11-7-8-16-14(9-11)17-15(20)10-18(2)25(23,24)13-6-4-3-5-12(13)19(21)22/h3-9H,10H2,1-2H3,(H,16,17,20). The highest BCUT2D eigenvalue weighted by Crippen LogP contribution is 2.25. The number of aromatic nitrogens is 1. The van der Waals surface area contributed by atoms with E-state index in [0.717, 1.165) is 22.0 Å². The van der Waals surface area contributed by atoms with E-state index in [0.29, 0.717) is 5.82 Å². The number of nitrogens with one attached hydrogen (secondary N) is 1. The normalized spacial score (nSPS) is 11.3. The number of nitrogens with zero attached hydrogens (tertiary/aromatic N) is 3. The molecule has 0 aliphatic rings. The first-order valence-electron chi connectivity index (χ1n) is 7.14. The smallest absolute Gasteiger partial charge is 0.289 e. The van der Waals surface area contributed by atoms with E-state index in [9.17, 15) is 23.3 Å². The zero-order valence-electron chi connectivity index (χ0n) is 13.5. The number of nitro groups is 1. The van der Waals surface area contributed by atoms with Crippen LogP contribution in [0.2, 0.25) is 0 Å². The first-order valence-corrected chi connectivity index (χ1v) is 8.58. The number of rotatable bonds is 6. The maximum Gasteiger partial charge on any atom is 0.289 e. The van der Waals surface area contributed by atoms with E-state index in [2.05, 4.69) is 10.3 Å². The Morgan fingerprint density at radius 2 is 2.00 bits per heavy atom. The summed E-state index contributed by atoms with van der Waals surface area (Å²) in [5.41, 5.74) is 0.335. The summed E-state index contributed by atoms with van der Waals surface area (Å²) in [4.78, 5) is 25.8.